The van der Waals surface area contributed by atoms with E-state index in [1.54, 1.807) is 0 Å². The first-order valence-electron chi connectivity index (χ1n) is 6.79. The van der Waals surface area contributed by atoms with E-state index in [1.807, 2.05) is 18.2 Å². The normalized spacial score (nSPS) is 20.4. The standard InChI is InChI=1S/C15H26N2O/c1-4-8-14(9-7-10-16)17-11-12-18-15(5-2,6-3)13-17/h4,7-9H,1,5-6,10-13,16H2,2-3H3/b9-7-,14-8+. The molecular weight excluding hydrogens is 224 g/mol. The van der Waals surface area contributed by atoms with Crippen LogP contribution in [0.4, 0.5) is 0 Å². The van der Waals surface area contributed by atoms with E-state index in [4.69, 9.17) is 10.5 Å². The van der Waals surface area contributed by atoms with Gasteiger partial charge in [0.25, 0.3) is 0 Å². The molecule has 0 atom stereocenters. The third-order valence-electron chi connectivity index (χ3n) is 3.62. The first-order valence-corrected chi connectivity index (χ1v) is 6.79. The zero-order valence-electron chi connectivity index (χ0n) is 11.7. The van der Waals surface area contributed by atoms with Crippen molar-refractivity contribution in [2.75, 3.05) is 26.2 Å². The molecule has 1 saturated heterocycles. The van der Waals surface area contributed by atoms with E-state index in [-0.39, 0.29) is 5.60 Å². The first-order chi connectivity index (χ1) is 8.71. The lowest BCUT2D eigenvalue weighted by atomic mass is 9.94. The van der Waals surface area contributed by atoms with E-state index in [0.29, 0.717) is 6.54 Å². The number of nitrogens with two attached hydrogens (primary N) is 1. The van der Waals surface area contributed by atoms with Gasteiger partial charge in [0.2, 0.25) is 0 Å². The van der Waals surface area contributed by atoms with Crippen LogP contribution in [0.1, 0.15) is 26.7 Å². The van der Waals surface area contributed by atoms with E-state index in [0.717, 1.165) is 32.5 Å². The highest BCUT2D eigenvalue weighted by atomic mass is 16.5. The highest BCUT2D eigenvalue weighted by Gasteiger charge is 2.33. The molecule has 2 N–H and O–H groups in total. The molecule has 3 heteroatoms. The summed E-state index contributed by atoms with van der Waals surface area (Å²) < 4.78 is 5.98. The second-order valence-electron chi connectivity index (χ2n) is 4.63. The third kappa shape index (κ3) is 3.72. The second kappa shape index (κ2) is 7.39. The minimum Gasteiger partial charge on any atom is -0.371 e. The van der Waals surface area contributed by atoms with Crippen molar-refractivity contribution in [2.45, 2.75) is 32.3 Å². The van der Waals surface area contributed by atoms with Crippen LogP contribution >= 0.6 is 0 Å². The molecule has 1 fully saturated rings. The van der Waals surface area contributed by atoms with Crippen LogP contribution < -0.4 is 5.73 Å². The van der Waals surface area contributed by atoms with Crippen LogP contribution in [0, 0.1) is 0 Å². The summed E-state index contributed by atoms with van der Waals surface area (Å²) in [5, 5.41) is 0. The van der Waals surface area contributed by atoms with Crippen molar-refractivity contribution >= 4 is 0 Å². The van der Waals surface area contributed by atoms with E-state index in [9.17, 15) is 0 Å². The van der Waals surface area contributed by atoms with Gasteiger partial charge in [0.1, 0.15) is 0 Å². The monoisotopic (exact) mass is 250 g/mol. The number of nitrogens with zero attached hydrogens (tertiary/aromatic N) is 1. The molecule has 1 heterocycles. The Hall–Kier alpha value is -1.06. The molecule has 3 nitrogen and oxygen atoms in total. The quantitative estimate of drug-likeness (QED) is 0.736. The molecule has 18 heavy (non-hydrogen) atoms. The first kappa shape index (κ1) is 15.0. The van der Waals surface area contributed by atoms with Crippen LogP contribution in [0.25, 0.3) is 0 Å². The molecule has 1 rings (SSSR count). The zero-order chi connectivity index (χ0) is 13.4. The summed E-state index contributed by atoms with van der Waals surface area (Å²) in [7, 11) is 0. The van der Waals surface area contributed by atoms with Crippen molar-refractivity contribution in [3.05, 3.63) is 36.6 Å². The largest absolute Gasteiger partial charge is 0.371 e. The number of rotatable bonds is 6. The molecule has 0 aromatic rings. The Bertz CT molecular complexity index is 316. The van der Waals surface area contributed by atoms with Crippen molar-refractivity contribution in [3.8, 4) is 0 Å². The number of morpholine rings is 1. The van der Waals surface area contributed by atoms with E-state index >= 15 is 0 Å². The summed E-state index contributed by atoms with van der Waals surface area (Å²) in [4.78, 5) is 2.37. The maximum absolute atomic E-state index is 5.98. The molecule has 0 aromatic heterocycles. The zero-order valence-corrected chi connectivity index (χ0v) is 11.7. The van der Waals surface area contributed by atoms with Crippen LogP contribution in [-0.2, 0) is 4.74 Å². The lowest BCUT2D eigenvalue weighted by Crippen LogP contribution is -2.50. The summed E-state index contributed by atoms with van der Waals surface area (Å²) >= 11 is 0. The average Bonchev–Trinajstić information content (AvgIpc) is 2.43. The fourth-order valence-electron chi connectivity index (χ4n) is 2.32. The van der Waals surface area contributed by atoms with Gasteiger partial charge >= 0.3 is 0 Å². The maximum atomic E-state index is 5.98. The molecule has 0 aromatic carbocycles. The molecule has 0 amide bonds. The predicted molar refractivity (Wildman–Crippen MR) is 77.3 cm³/mol. The van der Waals surface area contributed by atoms with Crippen LogP contribution in [0.5, 0.6) is 0 Å². The molecule has 0 spiro atoms. The van der Waals surface area contributed by atoms with Crippen LogP contribution in [0.2, 0.25) is 0 Å². The lowest BCUT2D eigenvalue weighted by Gasteiger charge is -2.43. The summed E-state index contributed by atoms with van der Waals surface area (Å²) in [5.74, 6) is 0. The molecule has 0 unspecified atom stereocenters. The summed E-state index contributed by atoms with van der Waals surface area (Å²) in [6.07, 6.45) is 10.00. The van der Waals surface area contributed by atoms with Gasteiger partial charge in [-0.25, -0.2) is 0 Å². The number of hydrogen-bond donors (Lipinski definition) is 1. The van der Waals surface area contributed by atoms with Crippen LogP contribution in [-0.4, -0.2) is 36.7 Å². The third-order valence-corrected chi connectivity index (χ3v) is 3.62. The van der Waals surface area contributed by atoms with Gasteiger partial charge in [-0.1, -0.05) is 32.6 Å². The van der Waals surface area contributed by atoms with Gasteiger partial charge in [0.15, 0.2) is 0 Å². The number of allylic oxidation sites excluding steroid dienone is 3. The fraction of sp³-hybridized carbons (Fsp3) is 0.600. The summed E-state index contributed by atoms with van der Waals surface area (Å²) in [5.41, 5.74) is 6.69. The highest BCUT2D eigenvalue weighted by molar-refractivity contribution is 5.23. The van der Waals surface area contributed by atoms with Gasteiger partial charge in [0.05, 0.1) is 12.2 Å². The maximum Gasteiger partial charge on any atom is 0.0852 e. The molecule has 102 valence electrons. The van der Waals surface area contributed by atoms with Crippen molar-refractivity contribution in [3.63, 3.8) is 0 Å². The smallest absolute Gasteiger partial charge is 0.0852 e. The fourth-order valence-corrected chi connectivity index (χ4v) is 2.32. The second-order valence-corrected chi connectivity index (χ2v) is 4.63. The van der Waals surface area contributed by atoms with Gasteiger partial charge < -0.3 is 15.4 Å². The van der Waals surface area contributed by atoms with Gasteiger partial charge in [-0.15, -0.1) is 0 Å². The van der Waals surface area contributed by atoms with Crippen LogP contribution in [0.15, 0.2) is 36.6 Å². The van der Waals surface area contributed by atoms with E-state index < -0.39 is 0 Å². The number of hydrogen-bond acceptors (Lipinski definition) is 3. The van der Waals surface area contributed by atoms with Crippen molar-refractivity contribution in [1.29, 1.82) is 0 Å². The minimum absolute atomic E-state index is 0.00490. The lowest BCUT2D eigenvalue weighted by molar-refractivity contribution is -0.104. The van der Waals surface area contributed by atoms with Crippen molar-refractivity contribution in [1.82, 2.24) is 4.90 Å². The Morgan fingerprint density at radius 2 is 2.17 bits per heavy atom. The molecule has 0 radical (unpaired) electrons. The predicted octanol–water partition coefficient (Wildman–Crippen LogP) is 2.46. The van der Waals surface area contributed by atoms with Gasteiger partial charge in [0, 0.05) is 25.3 Å². The van der Waals surface area contributed by atoms with Gasteiger partial charge in [-0.05, 0) is 25.0 Å². The molecule has 1 aliphatic rings. The Balaban J connectivity index is 2.83. The Morgan fingerprint density at radius 3 is 2.72 bits per heavy atom. The summed E-state index contributed by atoms with van der Waals surface area (Å²) in [6.45, 7) is 11.4. The molecule has 0 saturated carbocycles. The SMILES string of the molecule is C=C/C=C(\C=C/CN)N1CCOC(CC)(CC)C1. The highest BCUT2D eigenvalue weighted by Crippen LogP contribution is 2.27. The van der Waals surface area contributed by atoms with Crippen molar-refractivity contribution in [2.24, 2.45) is 5.73 Å². The van der Waals surface area contributed by atoms with Gasteiger partial charge in [-0.3, -0.25) is 0 Å². The Labute approximate surface area is 111 Å². The number of ether oxygens (including phenoxy) is 1. The van der Waals surface area contributed by atoms with E-state index in [1.165, 1.54) is 5.70 Å². The Kier molecular flexibility index (Phi) is 6.16. The molecular formula is C15H26N2O. The van der Waals surface area contributed by atoms with Crippen LogP contribution in [0.3, 0.4) is 0 Å². The summed E-state index contributed by atoms with van der Waals surface area (Å²) in [6, 6.07) is 0. The topological polar surface area (TPSA) is 38.5 Å². The average molecular weight is 250 g/mol. The van der Waals surface area contributed by atoms with E-state index in [2.05, 4.69) is 31.4 Å². The Morgan fingerprint density at radius 1 is 1.44 bits per heavy atom. The van der Waals surface area contributed by atoms with Gasteiger partial charge in [-0.2, -0.15) is 0 Å². The van der Waals surface area contributed by atoms with Crippen molar-refractivity contribution < 1.29 is 4.74 Å². The molecule has 1 aliphatic heterocycles. The molecule has 0 bridgehead atoms. The molecule has 0 aliphatic carbocycles. The minimum atomic E-state index is -0.00490.